The summed E-state index contributed by atoms with van der Waals surface area (Å²) in [5.74, 6) is 0.777. The van der Waals surface area contributed by atoms with Crippen molar-refractivity contribution in [2.75, 3.05) is 31.6 Å². The molecule has 20 heavy (non-hydrogen) atoms. The van der Waals surface area contributed by atoms with E-state index in [1.165, 1.54) is 0 Å². The van der Waals surface area contributed by atoms with Crippen LogP contribution in [0.3, 0.4) is 0 Å². The number of hydrogen-bond donors (Lipinski definition) is 1. The van der Waals surface area contributed by atoms with Crippen molar-refractivity contribution >= 4 is 11.7 Å². The van der Waals surface area contributed by atoms with Crippen molar-refractivity contribution in [1.29, 1.82) is 0 Å². The molecule has 1 atom stereocenters. The van der Waals surface area contributed by atoms with Gasteiger partial charge < -0.3 is 19.7 Å². The zero-order valence-corrected chi connectivity index (χ0v) is 12.1. The Hall–Kier alpha value is -1.75. The number of nitrogens with zero attached hydrogens (tertiary/aromatic N) is 1. The van der Waals surface area contributed by atoms with Crippen molar-refractivity contribution < 1.29 is 14.3 Å². The predicted molar refractivity (Wildman–Crippen MR) is 78.2 cm³/mol. The highest BCUT2D eigenvalue weighted by molar-refractivity contribution is 5.89. The van der Waals surface area contributed by atoms with Gasteiger partial charge in [0.25, 0.3) is 0 Å². The highest BCUT2D eigenvalue weighted by atomic mass is 16.5. The molecular weight excluding hydrogens is 256 g/mol. The van der Waals surface area contributed by atoms with Gasteiger partial charge in [-0.1, -0.05) is 13.0 Å². The number of rotatable bonds is 4. The van der Waals surface area contributed by atoms with Crippen LogP contribution < -0.4 is 10.1 Å². The molecule has 0 radical (unpaired) electrons. The molecule has 0 aliphatic carbocycles. The van der Waals surface area contributed by atoms with Gasteiger partial charge in [0, 0.05) is 24.8 Å². The molecule has 1 N–H and O–H groups in total. The lowest BCUT2D eigenvalue weighted by molar-refractivity contribution is 0.0564. The molecule has 1 saturated heterocycles. The fourth-order valence-corrected chi connectivity index (χ4v) is 1.93. The second-order valence-corrected chi connectivity index (χ2v) is 4.89. The molecule has 0 bridgehead atoms. The van der Waals surface area contributed by atoms with Crippen molar-refractivity contribution in [1.82, 2.24) is 4.90 Å². The molecule has 1 fully saturated rings. The molecule has 5 heteroatoms. The minimum Gasteiger partial charge on any atom is -0.491 e. The van der Waals surface area contributed by atoms with Crippen molar-refractivity contribution in [3.05, 3.63) is 24.3 Å². The summed E-state index contributed by atoms with van der Waals surface area (Å²) < 4.78 is 11.0. The van der Waals surface area contributed by atoms with Crippen LogP contribution in [0.25, 0.3) is 0 Å². The Kier molecular flexibility index (Phi) is 5.24. The topological polar surface area (TPSA) is 50.8 Å². The third-order valence-electron chi connectivity index (χ3n) is 3.30. The molecular formula is C15H22N2O3. The van der Waals surface area contributed by atoms with Gasteiger partial charge in [0.15, 0.2) is 0 Å². The van der Waals surface area contributed by atoms with Gasteiger partial charge >= 0.3 is 6.03 Å². The third kappa shape index (κ3) is 4.13. The number of carbonyl (C=O) groups excluding carboxylic acids is 1. The summed E-state index contributed by atoms with van der Waals surface area (Å²) in [6, 6.07) is 7.41. The molecule has 0 spiro atoms. The van der Waals surface area contributed by atoms with Gasteiger partial charge in [-0.2, -0.15) is 0 Å². The predicted octanol–water partition coefficient (Wildman–Crippen LogP) is 2.73. The van der Waals surface area contributed by atoms with Crippen LogP contribution in [0.15, 0.2) is 24.3 Å². The monoisotopic (exact) mass is 278 g/mol. The van der Waals surface area contributed by atoms with Crippen LogP contribution in [0, 0.1) is 0 Å². The number of hydrogen-bond acceptors (Lipinski definition) is 3. The van der Waals surface area contributed by atoms with Crippen LogP contribution in [0.4, 0.5) is 10.5 Å². The first-order chi connectivity index (χ1) is 9.69. The van der Waals surface area contributed by atoms with Gasteiger partial charge in [-0.05, 0) is 25.5 Å². The number of morpholine rings is 1. The summed E-state index contributed by atoms with van der Waals surface area (Å²) in [4.78, 5) is 13.8. The summed E-state index contributed by atoms with van der Waals surface area (Å²) in [5, 5.41) is 2.89. The molecule has 1 aromatic rings. The molecule has 0 aromatic heterocycles. The van der Waals surface area contributed by atoms with E-state index in [9.17, 15) is 4.79 Å². The second kappa shape index (κ2) is 7.14. The Morgan fingerprint density at radius 2 is 2.20 bits per heavy atom. The number of ether oxygens (including phenoxy) is 2. The first kappa shape index (κ1) is 14.7. The van der Waals surface area contributed by atoms with Crippen LogP contribution in [0.2, 0.25) is 0 Å². The molecule has 2 rings (SSSR count). The molecule has 110 valence electrons. The molecule has 0 unspecified atom stereocenters. The Bertz CT molecular complexity index is 444. The second-order valence-electron chi connectivity index (χ2n) is 4.89. The van der Waals surface area contributed by atoms with Gasteiger partial charge in [-0.3, -0.25) is 0 Å². The Labute approximate surface area is 119 Å². The van der Waals surface area contributed by atoms with Crippen molar-refractivity contribution in [3.63, 3.8) is 0 Å². The molecule has 1 aliphatic rings. The van der Waals surface area contributed by atoms with E-state index in [0.29, 0.717) is 26.3 Å². The summed E-state index contributed by atoms with van der Waals surface area (Å²) >= 11 is 0. The van der Waals surface area contributed by atoms with Gasteiger partial charge in [-0.25, -0.2) is 4.79 Å². The zero-order chi connectivity index (χ0) is 14.4. The van der Waals surface area contributed by atoms with E-state index in [4.69, 9.17) is 9.47 Å². The first-order valence-electron chi connectivity index (χ1n) is 7.09. The number of anilines is 1. The highest BCUT2D eigenvalue weighted by Crippen LogP contribution is 2.19. The smallest absolute Gasteiger partial charge is 0.322 e. The summed E-state index contributed by atoms with van der Waals surface area (Å²) in [6.45, 7) is 6.58. The van der Waals surface area contributed by atoms with Crippen LogP contribution in [-0.2, 0) is 4.74 Å². The zero-order valence-electron chi connectivity index (χ0n) is 12.1. The fraction of sp³-hybridized carbons (Fsp3) is 0.533. The lowest BCUT2D eigenvalue weighted by Crippen LogP contribution is -2.43. The van der Waals surface area contributed by atoms with Gasteiger partial charge in [0.1, 0.15) is 5.75 Å². The summed E-state index contributed by atoms with van der Waals surface area (Å²) in [6.07, 6.45) is 1.12. The average molecular weight is 278 g/mol. The van der Waals surface area contributed by atoms with E-state index < -0.39 is 0 Å². The van der Waals surface area contributed by atoms with Crippen LogP contribution >= 0.6 is 0 Å². The Morgan fingerprint density at radius 3 is 2.90 bits per heavy atom. The minimum absolute atomic E-state index is 0.0889. The van der Waals surface area contributed by atoms with Gasteiger partial charge in [0.05, 0.1) is 19.3 Å². The number of carbonyl (C=O) groups is 1. The number of benzene rings is 1. The SMILES string of the molecule is CC[C@@H](C)Oc1cccc(NC(=O)N2CCOCC2)c1. The summed E-state index contributed by atoms with van der Waals surface area (Å²) in [5.41, 5.74) is 0.752. The lowest BCUT2D eigenvalue weighted by Gasteiger charge is -2.27. The molecule has 2 amide bonds. The minimum atomic E-state index is -0.0889. The molecule has 0 saturated carbocycles. The van der Waals surface area contributed by atoms with Crippen molar-refractivity contribution in [2.45, 2.75) is 26.4 Å². The van der Waals surface area contributed by atoms with E-state index in [1.807, 2.05) is 31.2 Å². The number of nitrogens with one attached hydrogen (secondary N) is 1. The summed E-state index contributed by atoms with van der Waals surface area (Å²) in [7, 11) is 0. The maximum atomic E-state index is 12.1. The Balaban J connectivity index is 1.94. The molecule has 5 nitrogen and oxygen atoms in total. The van der Waals surface area contributed by atoms with E-state index in [2.05, 4.69) is 12.2 Å². The van der Waals surface area contributed by atoms with Gasteiger partial charge in [-0.15, -0.1) is 0 Å². The Morgan fingerprint density at radius 1 is 1.45 bits per heavy atom. The maximum absolute atomic E-state index is 12.1. The van der Waals surface area contributed by atoms with Crippen LogP contribution in [0.5, 0.6) is 5.75 Å². The van der Waals surface area contributed by atoms with E-state index in [-0.39, 0.29) is 12.1 Å². The largest absolute Gasteiger partial charge is 0.491 e. The standard InChI is InChI=1S/C15H22N2O3/c1-3-12(2)20-14-6-4-5-13(11-14)16-15(18)17-7-9-19-10-8-17/h4-6,11-12H,3,7-10H2,1-2H3,(H,16,18)/t12-/m1/s1. The van der Waals surface area contributed by atoms with E-state index in [0.717, 1.165) is 17.9 Å². The fourth-order valence-electron chi connectivity index (χ4n) is 1.93. The van der Waals surface area contributed by atoms with Crippen molar-refractivity contribution in [2.24, 2.45) is 0 Å². The first-order valence-corrected chi connectivity index (χ1v) is 7.09. The lowest BCUT2D eigenvalue weighted by atomic mass is 10.2. The highest BCUT2D eigenvalue weighted by Gasteiger charge is 2.16. The van der Waals surface area contributed by atoms with E-state index in [1.54, 1.807) is 4.90 Å². The molecule has 1 aromatic carbocycles. The number of urea groups is 1. The molecule has 1 aliphatic heterocycles. The normalized spacial score (nSPS) is 16.6. The maximum Gasteiger partial charge on any atom is 0.322 e. The molecule has 1 heterocycles. The van der Waals surface area contributed by atoms with Crippen molar-refractivity contribution in [3.8, 4) is 5.75 Å². The third-order valence-corrected chi connectivity index (χ3v) is 3.30. The number of amides is 2. The van der Waals surface area contributed by atoms with Crippen LogP contribution in [0.1, 0.15) is 20.3 Å². The van der Waals surface area contributed by atoms with Gasteiger partial charge in [0.2, 0.25) is 0 Å². The average Bonchev–Trinajstić information content (AvgIpc) is 2.48. The van der Waals surface area contributed by atoms with E-state index >= 15 is 0 Å². The quantitative estimate of drug-likeness (QED) is 0.921. The van der Waals surface area contributed by atoms with Crippen LogP contribution in [-0.4, -0.2) is 43.3 Å².